The molecule has 0 radical (unpaired) electrons. The van der Waals surface area contributed by atoms with Crippen LogP contribution in [0.25, 0.3) is 0 Å². The van der Waals surface area contributed by atoms with Gasteiger partial charge in [-0.25, -0.2) is 0 Å². The van der Waals surface area contributed by atoms with E-state index >= 15 is 0 Å². The summed E-state index contributed by atoms with van der Waals surface area (Å²) in [6.45, 7) is 9.65. The fraction of sp³-hybridized carbons (Fsp3) is 0.917. The summed E-state index contributed by atoms with van der Waals surface area (Å²) in [5.74, 6) is 0.341. The molecule has 0 aromatic rings. The Balaban J connectivity index is 3.51. The van der Waals surface area contributed by atoms with Gasteiger partial charge in [-0.05, 0) is 26.3 Å². The Labute approximate surface area is 98.7 Å². The molecule has 0 aliphatic heterocycles. The van der Waals surface area contributed by atoms with E-state index in [2.05, 4.69) is 19.2 Å². The molecular weight excluding hydrogens is 206 g/mol. The summed E-state index contributed by atoms with van der Waals surface area (Å²) in [4.78, 5) is 11.3. The molecule has 0 unspecified atom stereocenters. The molecule has 1 N–H and O–H groups in total. The summed E-state index contributed by atoms with van der Waals surface area (Å²) in [5, 5.41) is 3.04. The Kier molecular flexibility index (Phi) is 7.34. The second kappa shape index (κ2) is 7.63. The van der Waals surface area contributed by atoms with Crippen molar-refractivity contribution in [1.29, 1.82) is 0 Å². The van der Waals surface area contributed by atoms with Crippen molar-refractivity contribution in [2.24, 2.45) is 5.92 Å². The highest BCUT2D eigenvalue weighted by Gasteiger charge is 2.16. The lowest BCUT2D eigenvalue weighted by atomic mass is 10.1. The molecule has 0 saturated heterocycles. The first-order valence-corrected chi connectivity index (χ1v) is 5.79. The minimum absolute atomic E-state index is 0.201. The van der Waals surface area contributed by atoms with Crippen molar-refractivity contribution in [3.05, 3.63) is 0 Å². The first-order chi connectivity index (χ1) is 7.37. The number of nitrogens with one attached hydrogen (secondary N) is 1. The minimum atomic E-state index is -0.231. The Morgan fingerprint density at radius 3 is 2.50 bits per heavy atom. The van der Waals surface area contributed by atoms with Gasteiger partial charge in [0.25, 0.3) is 0 Å². The molecule has 0 spiro atoms. The van der Waals surface area contributed by atoms with E-state index in [0.29, 0.717) is 18.9 Å². The van der Waals surface area contributed by atoms with Crippen molar-refractivity contribution in [1.82, 2.24) is 5.32 Å². The number of carbonyl (C=O) groups excluding carboxylic acids is 1. The maximum absolute atomic E-state index is 11.3. The average molecular weight is 231 g/mol. The zero-order chi connectivity index (χ0) is 12.6. The zero-order valence-electron chi connectivity index (χ0n) is 11.1. The quantitative estimate of drug-likeness (QED) is 0.644. The molecule has 0 atom stereocenters. The number of rotatable bonds is 8. The number of methoxy groups -OCH3 is 1. The summed E-state index contributed by atoms with van der Waals surface area (Å²) < 4.78 is 10.3. The lowest BCUT2D eigenvalue weighted by Crippen LogP contribution is -2.30. The molecule has 0 bridgehead atoms. The number of esters is 1. The van der Waals surface area contributed by atoms with Crippen LogP contribution in [-0.4, -0.2) is 38.4 Å². The van der Waals surface area contributed by atoms with E-state index in [0.717, 1.165) is 6.54 Å². The van der Waals surface area contributed by atoms with E-state index in [-0.39, 0.29) is 18.1 Å². The van der Waals surface area contributed by atoms with E-state index in [9.17, 15) is 4.79 Å². The van der Waals surface area contributed by atoms with Crippen LogP contribution in [-0.2, 0) is 14.3 Å². The molecular formula is C12H25NO3. The molecule has 0 fully saturated rings. The Morgan fingerprint density at radius 2 is 2.00 bits per heavy atom. The zero-order valence-corrected chi connectivity index (χ0v) is 11.1. The van der Waals surface area contributed by atoms with Crippen LogP contribution in [0.4, 0.5) is 0 Å². The second-order valence-corrected chi connectivity index (χ2v) is 4.96. The first-order valence-electron chi connectivity index (χ1n) is 5.79. The highest BCUT2D eigenvalue weighted by Crippen LogP contribution is 2.12. The lowest BCUT2D eigenvalue weighted by Gasteiger charge is -2.22. The van der Waals surface area contributed by atoms with E-state index < -0.39 is 0 Å². The fourth-order valence-corrected chi connectivity index (χ4v) is 1.03. The second-order valence-electron chi connectivity index (χ2n) is 4.96. The van der Waals surface area contributed by atoms with E-state index in [1.807, 2.05) is 13.8 Å². The Bertz CT molecular complexity index is 202. The molecule has 0 heterocycles. The van der Waals surface area contributed by atoms with Crippen molar-refractivity contribution in [2.45, 2.75) is 39.7 Å². The molecule has 0 aliphatic carbocycles. The van der Waals surface area contributed by atoms with Crippen LogP contribution in [0.2, 0.25) is 0 Å². The third-order valence-corrected chi connectivity index (χ3v) is 2.34. The van der Waals surface area contributed by atoms with E-state index in [4.69, 9.17) is 9.47 Å². The van der Waals surface area contributed by atoms with Crippen molar-refractivity contribution in [2.75, 3.05) is 26.8 Å². The highest BCUT2D eigenvalue weighted by molar-refractivity contribution is 5.71. The normalized spacial score (nSPS) is 11.9. The van der Waals surface area contributed by atoms with Gasteiger partial charge in [-0.1, -0.05) is 13.8 Å². The van der Waals surface area contributed by atoms with Gasteiger partial charge in [0, 0.05) is 13.5 Å². The molecule has 0 aromatic heterocycles. The molecule has 96 valence electrons. The summed E-state index contributed by atoms with van der Waals surface area (Å²) in [6.07, 6.45) is 0.708. The number of hydrogen-bond donors (Lipinski definition) is 1. The van der Waals surface area contributed by atoms with Gasteiger partial charge in [-0.15, -0.1) is 0 Å². The Hall–Kier alpha value is -0.610. The van der Waals surface area contributed by atoms with Gasteiger partial charge in [-0.3, -0.25) is 4.79 Å². The van der Waals surface area contributed by atoms with Crippen molar-refractivity contribution in [3.63, 3.8) is 0 Å². The fourth-order valence-electron chi connectivity index (χ4n) is 1.03. The van der Waals surface area contributed by atoms with Gasteiger partial charge in [0.2, 0.25) is 0 Å². The largest absolute Gasteiger partial charge is 0.465 e. The molecule has 0 amide bonds. The van der Waals surface area contributed by atoms with Crippen LogP contribution in [0.1, 0.15) is 34.1 Å². The lowest BCUT2D eigenvalue weighted by molar-refractivity contribution is -0.144. The molecule has 4 heteroatoms. The summed E-state index contributed by atoms with van der Waals surface area (Å²) >= 11 is 0. The topological polar surface area (TPSA) is 47.6 Å². The monoisotopic (exact) mass is 231 g/mol. The van der Waals surface area contributed by atoms with Crippen molar-refractivity contribution in [3.8, 4) is 0 Å². The molecule has 4 nitrogen and oxygen atoms in total. The maximum Gasteiger partial charge on any atom is 0.319 e. The third-order valence-electron chi connectivity index (χ3n) is 2.34. The maximum atomic E-state index is 11.3. The van der Waals surface area contributed by atoms with Crippen LogP contribution in [0, 0.1) is 5.92 Å². The van der Waals surface area contributed by atoms with Gasteiger partial charge in [0.15, 0.2) is 0 Å². The van der Waals surface area contributed by atoms with Crippen molar-refractivity contribution < 1.29 is 14.3 Å². The van der Waals surface area contributed by atoms with E-state index in [1.54, 1.807) is 7.11 Å². The van der Waals surface area contributed by atoms with Gasteiger partial charge in [0.1, 0.15) is 0 Å². The molecule has 0 aromatic carbocycles. The highest BCUT2D eigenvalue weighted by atomic mass is 16.5. The van der Waals surface area contributed by atoms with Crippen molar-refractivity contribution >= 4 is 5.97 Å². The summed E-state index contributed by atoms with van der Waals surface area (Å²) in [5.41, 5.74) is -0.231. The summed E-state index contributed by atoms with van der Waals surface area (Å²) in [7, 11) is 1.66. The van der Waals surface area contributed by atoms with Gasteiger partial charge in [-0.2, -0.15) is 0 Å². The average Bonchev–Trinajstić information content (AvgIpc) is 2.17. The number of ether oxygens (including phenoxy) is 2. The SMILES string of the molecule is COC(C)(C)CCOC(=O)CNCC(C)C. The van der Waals surface area contributed by atoms with Gasteiger partial charge in [0.05, 0.1) is 18.8 Å². The Morgan fingerprint density at radius 1 is 1.38 bits per heavy atom. The first kappa shape index (κ1) is 15.4. The van der Waals surface area contributed by atoms with Crippen LogP contribution in [0.3, 0.4) is 0 Å². The van der Waals surface area contributed by atoms with E-state index in [1.165, 1.54) is 0 Å². The van der Waals surface area contributed by atoms with Gasteiger partial charge >= 0.3 is 5.97 Å². The third kappa shape index (κ3) is 8.68. The number of carbonyl (C=O) groups is 1. The predicted octanol–water partition coefficient (Wildman–Crippen LogP) is 1.59. The standard InChI is InChI=1S/C12H25NO3/c1-10(2)8-13-9-11(14)16-7-6-12(3,4)15-5/h10,13H,6-9H2,1-5H3. The van der Waals surface area contributed by atoms with Crippen LogP contribution in [0.5, 0.6) is 0 Å². The molecule has 0 aliphatic rings. The number of hydrogen-bond acceptors (Lipinski definition) is 4. The van der Waals surface area contributed by atoms with Gasteiger partial charge < -0.3 is 14.8 Å². The van der Waals surface area contributed by atoms with Crippen LogP contribution in [0.15, 0.2) is 0 Å². The van der Waals surface area contributed by atoms with Crippen LogP contribution < -0.4 is 5.32 Å². The van der Waals surface area contributed by atoms with Crippen LogP contribution >= 0.6 is 0 Å². The smallest absolute Gasteiger partial charge is 0.319 e. The molecule has 0 rings (SSSR count). The summed E-state index contributed by atoms with van der Waals surface area (Å²) in [6, 6.07) is 0. The minimum Gasteiger partial charge on any atom is -0.465 e. The molecule has 0 saturated carbocycles. The predicted molar refractivity (Wildman–Crippen MR) is 64.4 cm³/mol. The molecule has 16 heavy (non-hydrogen) atoms.